The van der Waals surface area contributed by atoms with Gasteiger partial charge in [0.25, 0.3) is 11.1 Å². The molecule has 0 aliphatic carbocycles. The molecule has 0 aromatic carbocycles. The van der Waals surface area contributed by atoms with Crippen LogP contribution in [-0.4, -0.2) is 19.9 Å². The van der Waals surface area contributed by atoms with E-state index in [-0.39, 0.29) is 22.8 Å². The number of aromatic nitrogens is 4. The third-order valence-electron chi connectivity index (χ3n) is 2.22. The zero-order chi connectivity index (χ0) is 13.1. The van der Waals surface area contributed by atoms with E-state index in [0.717, 1.165) is 0 Å². The molecule has 8 nitrogen and oxygen atoms in total. The molecule has 0 atom stereocenters. The van der Waals surface area contributed by atoms with E-state index in [1.54, 1.807) is 0 Å². The second kappa shape index (κ2) is 4.70. The molecule has 8 heteroatoms. The topological polar surface area (TPSA) is 144 Å². The van der Waals surface area contributed by atoms with E-state index in [9.17, 15) is 9.59 Å². The molecule has 0 aliphatic rings. The highest BCUT2D eigenvalue weighted by Gasteiger charge is 2.03. The van der Waals surface area contributed by atoms with Crippen LogP contribution in [-0.2, 0) is 12.8 Å². The van der Waals surface area contributed by atoms with Gasteiger partial charge in [0.05, 0.1) is 0 Å². The Kier molecular flexibility index (Phi) is 3.09. The minimum absolute atomic E-state index is 0.155. The lowest BCUT2D eigenvalue weighted by Gasteiger charge is -2.02. The van der Waals surface area contributed by atoms with E-state index in [4.69, 9.17) is 11.5 Å². The van der Waals surface area contributed by atoms with Crippen molar-refractivity contribution in [2.24, 2.45) is 0 Å². The van der Waals surface area contributed by atoms with Crippen molar-refractivity contribution in [1.29, 1.82) is 0 Å². The molecule has 0 fully saturated rings. The zero-order valence-electron chi connectivity index (χ0n) is 9.43. The molecule has 94 valence electrons. The lowest BCUT2D eigenvalue weighted by Crippen LogP contribution is -2.16. The number of nitrogens with one attached hydrogen (secondary N) is 2. The smallest absolute Gasteiger partial charge is 0.252 e. The molecule has 0 saturated heterocycles. The quantitative estimate of drug-likeness (QED) is 0.537. The number of aromatic amines is 2. The minimum Gasteiger partial charge on any atom is -0.383 e. The van der Waals surface area contributed by atoms with Crippen molar-refractivity contribution in [2.45, 2.75) is 12.8 Å². The van der Waals surface area contributed by atoms with E-state index in [2.05, 4.69) is 19.9 Å². The van der Waals surface area contributed by atoms with Gasteiger partial charge in [-0.15, -0.1) is 0 Å². The van der Waals surface area contributed by atoms with Gasteiger partial charge in [0.15, 0.2) is 0 Å². The first kappa shape index (κ1) is 11.8. The van der Waals surface area contributed by atoms with E-state index in [0.29, 0.717) is 24.5 Å². The van der Waals surface area contributed by atoms with Gasteiger partial charge >= 0.3 is 0 Å². The number of nitrogens with zero attached hydrogens (tertiary/aromatic N) is 2. The molecule has 0 radical (unpaired) electrons. The molecule has 2 heterocycles. The van der Waals surface area contributed by atoms with Crippen molar-refractivity contribution < 1.29 is 0 Å². The fourth-order valence-corrected chi connectivity index (χ4v) is 1.53. The van der Waals surface area contributed by atoms with Crippen LogP contribution < -0.4 is 22.6 Å². The highest BCUT2D eigenvalue weighted by Crippen LogP contribution is 1.99. The van der Waals surface area contributed by atoms with Gasteiger partial charge in [0, 0.05) is 25.0 Å². The Hall–Kier alpha value is -2.64. The number of aryl methyl sites for hydroxylation is 2. The van der Waals surface area contributed by atoms with Gasteiger partial charge in [-0.1, -0.05) is 0 Å². The molecule has 0 saturated carbocycles. The van der Waals surface area contributed by atoms with Crippen LogP contribution in [0.1, 0.15) is 11.6 Å². The minimum atomic E-state index is -0.313. The summed E-state index contributed by atoms with van der Waals surface area (Å²) in [6, 6.07) is 2.40. The molecule has 0 spiro atoms. The standard InChI is InChI=1S/C10H12N6O2/c11-5-3-9(17)15-7(13-5)1-2-8-14-6(12)4-10(18)16-8/h3-4H,1-2H2,(H3,11,13,15,17)(H3,12,14,16,18). The Labute approximate surface area is 101 Å². The van der Waals surface area contributed by atoms with Crippen molar-refractivity contribution in [3.63, 3.8) is 0 Å². The van der Waals surface area contributed by atoms with Crippen LogP contribution in [0.4, 0.5) is 11.6 Å². The first-order valence-corrected chi connectivity index (χ1v) is 5.24. The third-order valence-corrected chi connectivity index (χ3v) is 2.22. The van der Waals surface area contributed by atoms with Crippen LogP contribution >= 0.6 is 0 Å². The fraction of sp³-hybridized carbons (Fsp3) is 0.200. The number of rotatable bonds is 3. The summed E-state index contributed by atoms with van der Waals surface area (Å²) in [5.41, 5.74) is 10.3. The van der Waals surface area contributed by atoms with Crippen molar-refractivity contribution in [2.75, 3.05) is 11.5 Å². The predicted molar refractivity (Wildman–Crippen MR) is 65.9 cm³/mol. The monoisotopic (exact) mass is 248 g/mol. The summed E-state index contributed by atoms with van der Waals surface area (Å²) in [6.07, 6.45) is 0.791. The van der Waals surface area contributed by atoms with Gasteiger partial charge in [-0.3, -0.25) is 9.59 Å². The molecule has 2 aromatic heterocycles. The van der Waals surface area contributed by atoms with Gasteiger partial charge in [0.1, 0.15) is 23.3 Å². The van der Waals surface area contributed by atoms with Crippen molar-refractivity contribution in [3.05, 3.63) is 44.5 Å². The van der Waals surface area contributed by atoms with Crippen LogP contribution in [0.25, 0.3) is 0 Å². The van der Waals surface area contributed by atoms with Gasteiger partial charge in [-0.25, -0.2) is 9.97 Å². The van der Waals surface area contributed by atoms with Crippen LogP contribution in [0.2, 0.25) is 0 Å². The fourth-order valence-electron chi connectivity index (χ4n) is 1.53. The average Bonchev–Trinajstić information content (AvgIpc) is 2.23. The summed E-state index contributed by atoms with van der Waals surface area (Å²) in [5, 5.41) is 0. The number of H-pyrrole nitrogens is 2. The van der Waals surface area contributed by atoms with Crippen LogP contribution in [0.15, 0.2) is 21.7 Å². The zero-order valence-corrected chi connectivity index (χ0v) is 9.43. The molecule has 0 bridgehead atoms. The van der Waals surface area contributed by atoms with Crippen molar-refractivity contribution in [3.8, 4) is 0 Å². The van der Waals surface area contributed by atoms with Crippen molar-refractivity contribution >= 4 is 11.6 Å². The Balaban J connectivity index is 2.16. The van der Waals surface area contributed by atoms with Gasteiger partial charge in [0.2, 0.25) is 0 Å². The van der Waals surface area contributed by atoms with Crippen LogP contribution in [0.5, 0.6) is 0 Å². The largest absolute Gasteiger partial charge is 0.383 e. The van der Waals surface area contributed by atoms with E-state index < -0.39 is 0 Å². The molecular formula is C10H12N6O2. The maximum atomic E-state index is 11.2. The molecule has 2 rings (SSSR count). The molecule has 6 N–H and O–H groups in total. The molecule has 18 heavy (non-hydrogen) atoms. The second-order valence-corrected chi connectivity index (χ2v) is 3.73. The Morgan fingerprint density at radius 3 is 1.61 bits per heavy atom. The maximum absolute atomic E-state index is 11.2. The maximum Gasteiger partial charge on any atom is 0.252 e. The Bertz CT molecular complexity index is 615. The number of nitrogens with two attached hydrogens (primary N) is 2. The predicted octanol–water partition coefficient (Wildman–Crippen LogP) is -1.20. The first-order chi connectivity index (χ1) is 8.52. The number of hydrogen-bond acceptors (Lipinski definition) is 6. The summed E-state index contributed by atoms with van der Waals surface area (Å²) in [5.74, 6) is 1.18. The lowest BCUT2D eigenvalue weighted by atomic mass is 10.2. The summed E-state index contributed by atoms with van der Waals surface area (Å²) < 4.78 is 0. The molecule has 0 amide bonds. The second-order valence-electron chi connectivity index (χ2n) is 3.73. The van der Waals surface area contributed by atoms with Gasteiger partial charge in [-0.2, -0.15) is 0 Å². The average molecular weight is 248 g/mol. The normalized spacial score (nSPS) is 10.4. The molecule has 0 aliphatic heterocycles. The highest BCUT2D eigenvalue weighted by atomic mass is 16.1. The highest BCUT2D eigenvalue weighted by molar-refractivity contribution is 5.26. The third kappa shape index (κ3) is 2.94. The van der Waals surface area contributed by atoms with Crippen molar-refractivity contribution in [1.82, 2.24) is 19.9 Å². The summed E-state index contributed by atoms with van der Waals surface area (Å²) in [7, 11) is 0. The first-order valence-electron chi connectivity index (χ1n) is 5.24. The lowest BCUT2D eigenvalue weighted by molar-refractivity contribution is 0.797. The molecule has 2 aromatic rings. The van der Waals surface area contributed by atoms with E-state index in [1.165, 1.54) is 12.1 Å². The SMILES string of the molecule is Nc1cc(=O)[nH]c(CCc2nc(N)cc(=O)[nH]2)n1. The number of anilines is 2. The van der Waals surface area contributed by atoms with E-state index >= 15 is 0 Å². The summed E-state index contributed by atoms with van der Waals surface area (Å²) in [6.45, 7) is 0. The molecular weight excluding hydrogens is 236 g/mol. The van der Waals surface area contributed by atoms with Gasteiger partial charge in [-0.05, 0) is 0 Å². The number of hydrogen-bond donors (Lipinski definition) is 4. The number of nitrogen functional groups attached to an aromatic ring is 2. The Morgan fingerprint density at radius 1 is 0.889 bits per heavy atom. The molecule has 0 unspecified atom stereocenters. The summed E-state index contributed by atoms with van der Waals surface area (Å²) in [4.78, 5) is 35.4. The van der Waals surface area contributed by atoms with Crippen LogP contribution in [0.3, 0.4) is 0 Å². The Morgan fingerprint density at radius 2 is 1.28 bits per heavy atom. The van der Waals surface area contributed by atoms with E-state index in [1.807, 2.05) is 0 Å². The summed E-state index contributed by atoms with van der Waals surface area (Å²) >= 11 is 0. The van der Waals surface area contributed by atoms with Gasteiger partial charge < -0.3 is 21.4 Å². The van der Waals surface area contributed by atoms with Crippen LogP contribution in [0, 0.1) is 0 Å².